The molecule has 0 saturated heterocycles. The van der Waals surface area contributed by atoms with Crippen LogP contribution in [-0.2, 0) is 13.5 Å². The van der Waals surface area contributed by atoms with Crippen LogP contribution in [0.3, 0.4) is 0 Å². The molecule has 0 saturated carbocycles. The third-order valence-corrected chi connectivity index (χ3v) is 3.05. The van der Waals surface area contributed by atoms with Crippen LogP contribution in [0.5, 0.6) is 0 Å². The van der Waals surface area contributed by atoms with Gasteiger partial charge in [0.05, 0.1) is 17.2 Å². The first kappa shape index (κ1) is 11.1. The lowest BCUT2D eigenvalue weighted by atomic mass is 10.0. The monoisotopic (exact) mass is 218 g/mol. The van der Waals surface area contributed by atoms with Gasteiger partial charge in [0.1, 0.15) is 5.82 Å². The van der Waals surface area contributed by atoms with Gasteiger partial charge in [-0.2, -0.15) is 0 Å². The minimum atomic E-state index is 0.156. The van der Waals surface area contributed by atoms with Gasteiger partial charge in [-0.05, 0) is 12.0 Å². The number of hydrogen-bond donors (Lipinski definition) is 1. The minimum absolute atomic E-state index is 0.156. The SMILES string of the molecule is CC(C)C(N)Cc1nc2ccncc2n1C. The van der Waals surface area contributed by atoms with Crippen LogP contribution in [0.2, 0.25) is 0 Å². The molecular weight excluding hydrogens is 200 g/mol. The second kappa shape index (κ2) is 4.22. The van der Waals surface area contributed by atoms with Crippen molar-refractivity contribution in [1.29, 1.82) is 0 Å². The van der Waals surface area contributed by atoms with E-state index in [1.807, 2.05) is 19.3 Å². The maximum absolute atomic E-state index is 6.07. The van der Waals surface area contributed by atoms with E-state index in [-0.39, 0.29) is 6.04 Å². The molecule has 86 valence electrons. The Bertz CT molecular complexity index is 487. The van der Waals surface area contributed by atoms with Crippen LogP contribution in [0.25, 0.3) is 11.0 Å². The highest BCUT2D eigenvalue weighted by molar-refractivity contribution is 5.74. The van der Waals surface area contributed by atoms with Crippen molar-refractivity contribution in [1.82, 2.24) is 14.5 Å². The molecule has 0 aliphatic heterocycles. The van der Waals surface area contributed by atoms with Crippen LogP contribution in [0.15, 0.2) is 18.5 Å². The highest BCUT2D eigenvalue weighted by atomic mass is 15.1. The first-order valence-corrected chi connectivity index (χ1v) is 5.60. The standard InChI is InChI=1S/C12H18N4/c1-8(2)9(13)6-12-15-10-4-5-14-7-11(10)16(12)3/h4-5,7-9H,6,13H2,1-3H3. The van der Waals surface area contributed by atoms with Crippen LogP contribution in [0.1, 0.15) is 19.7 Å². The zero-order valence-corrected chi connectivity index (χ0v) is 10.0. The molecule has 2 heterocycles. The molecule has 2 aromatic heterocycles. The summed E-state index contributed by atoms with van der Waals surface area (Å²) in [5, 5.41) is 0. The lowest BCUT2D eigenvalue weighted by Gasteiger charge is -2.14. The summed E-state index contributed by atoms with van der Waals surface area (Å²) in [4.78, 5) is 8.69. The lowest BCUT2D eigenvalue weighted by molar-refractivity contribution is 0.477. The van der Waals surface area contributed by atoms with Gasteiger partial charge < -0.3 is 10.3 Å². The molecule has 4 heteroatoms. The Hall–Kier alpha value is -1.42. The molecule has 2 aromatic rings. The fourth-order valence-electron chi connectivity index (χ4n) is 1.71. The Balaban J connectivity index is 2.35. The van der Waals surface area contributed by atoms with Crippen molar-refractivity contribution in [2.24, 2.45) is 18.7 Å². The number of aromatic nitrogens is 3. The average Bonchev–Trinajstić information content (AvgIpc) is 2.56. The second-order valence-electron chi connectivity index (χ2n) is 4.56. The Morgan fingerprint density at radius 2 is 2.19 bits per heavy atom. The third-order valence-electron chi connectivity index (χ3n) is 3.05. The molecule has 0 fully saturated rings. The van der Waals surface area contributed by atoms with Crippen LogP contribution in [0, 0.1) is 5.92 Å². The summed E-state index contributed by atoms with van der Waals surface area (Å²) < 4.78 is 2.07. The van der Waals surface area contributed by atoms with Crippen molar-refractivity contribution in [2.45, 2.75) is 26.3 Å². The van der Waals surface area contributed by atoms with Gasteiger partial charge in [0, 0.05) is 25.7 Å². The summed E-state index contributed by atoms with van der Waals surface area (Å²) in [5.74, 6) is 1.50. The molecule has 0 aromatic carbocycles. The molecule has 0 radical (unpaired) electrons. The number of imidazole rings is 1. The maximum Gasteiger partial charge on any atom is 0.111 e. The highest BCUT2D eigenvalue weighted by Gasteiger charge is 2.13. The summed E-state index contributed by atoms with van der Waals surface area (Å²) in [6, 6.07) is 2.09. The molecule has 4 nitrogen and oxygen atoms in total. The number of nitrogens with two attached hydrogens (primary N) is 1. The summed E-state index contributed by atoms with van der Waals surface area (Å²) in [6.07, 6.45) is 4.41. The van der Waals surface area contributed by atoms with Crippen molar-refractivity contribution < 1.29 is 0 Å². The normalized spacial score (nSPS) is 13.6. The van der Waals surface area contributed by atoms with E-state index in [0.29, 0.717) is 5.92 Å². The van der Waals surface area contributed by atoms with Crippen molar-refractivity contribution >= 4 is 11.0 Å². The van der Waals surface area contributed by atoms with E-state index in [0.717, 1.165) is 23.3 Å². The van der Waals surface area contributed by atoms with E-state index in [1.54, 1.807) is 6.20 Å². The van der Waals surface area contributed by atoms with Crippen molar-refractivity contribution in [3.63, 3.8) is 0 Å². The van der Waals surface area contributed by atoms with Crippen molar-refractivity contribution in [3.8, 4) is 0 Å². The minimum Gasteiger partial charge on any atom is -0.330 e. The Morgan fingerprint density at radius 3 is 2.81 bits per heavy atom. The molecule has 2 N–H and O–H groups in total. The Morgan fingerprint density at radius 1 is 1.44 bits per heavy atom. The van der Waals surface area contributed by atoms with Crippen molar-refractivity contribution in [3.05, 3.63) is 24.3 Å². The number of aryl methyl sites for hydroxylation is 1. The zero-order valence-electron chi connectivity index (χ0n) is 10.0. The van der Waals surface area contributed by atoms with E-state index in [9.17, 15) is 0 Å². The lowest BCUT2D eigenvalue weighted by Crippen LogP contribution is -2.29. The van der Waals surface area contributed by atoms with Crippen LogP contribution in [-0.4, -0.2) is 20.6 Å². The second-order valence-corrected chi connectivity index (χ2v) is 4.56. The van der Waals surface area contributed by atoms with E-state index < -0.39 is 0 Å². The molecule has 1 unspecified atom stereocenters. The van der Waals surface area contributed by atoms with Gasteiger partial charge in [0.15, 0.2) is 0 Å². The van der Waals surface area contributed by atoms with Gasteiger partial charge in [-0.3, -0.25) is 4.98 Å². The molecule has 2 rings (SSSR count). The smallest absolute Gasteiger partial charge is 0.111 e. The van der Waals surface area contributed by atoms with Gasteiger partial charge >= 0.3 is 0 Å². The number of fused-ring (bicyclic) bond motifs is 1. The molecule has 0 aliphatic carbocycles. The molecule has 0 bridgehead atoms. The predicted molar refractivity (Wildman–Crippen MR) is 65.0 cm³/mol. The van der Waals surface area contributed by atoms with Crippen LogP contribution in [0.4, 0.5) is 0 Å². The summed E-state index contributed by atoms with van der Waals surface area (Å²) in [6.45, 7) is 4.27. The quantitative estimate of drug-likeness (QED) is 0.849. The number of pyridine rings is 1. The summed E-state index contributed by atoms with van der Waals surface area (Å²) >= 11 is 0. The Kier molecular flexibility index (Phi) is 2.92. The molecule has 0 amide bonds. The molecule has 0 aliphatic rings. The largest absolute Gasteiger partial charge is 0.330 e. The number of nitrogens with zero attached hydrogens (tertiary/aromatic N) is 3. The first-order valence-electron chi connectivity index (χ1n) is 5.60. The van der Waals surface area contributed by atoms with Crippen LogP contribution >= 0.6 is 0 Å². The molecular formula is C12H18N4. The summed E-state index contributed by atoms with van der Waals surface area (Å²) in [7, 11) is 2.01. The van der Waals surface area contributed by atoms with Gasteiger partial charge in [0.2, 0.25) is 0 Å². The fraction of sp³-hybridized carbons (Fsp3) is 0.500. The average molecular weight is 218 g/mol. The number of rotatable bonds is 3. The van der Waals surface area contributed by atoms with E-state index in [1.165, 1.54) is 0 Å². The molecule has 0 spiro atoms. The zero-order chi connectivity index (χ0) is 11.7. The van der Waals surface area contributed by atoms with E-state index >= 15 is 0 Å². The van der Waals surface area contributed by atoms with Gasteiger partial charge in [-0.15, -0.1) is 0 Å². The van der Waals surface area contributed by atoms with Gasteiger partial charge in [0.25, 0.3) is 0 Å². The topological polar surface area (TPSA) is 56.7 Å². The summed E-state index contributed by atoms with van der Waals surface area (Å²) in [5.41, 5.74) is 8.12. The van der Waals surface area contributed by atoms with E-state index in [4.69, 9.17) is 5.73 Å². The van der Waals surface area contributed by atoms with E-state index in [2.05, 4.69) is 28.4 Å². The van der Waals surface area contributed by atoms with Gasteiger partial charge in [-0.1, -0.05) is 13.8 Å². The maximum atomic E-state index is 6.07. The molecule has 16 heavy (non-hydrogen) atoms. The first-order chi connectivity index (χ1) is 7.59. The third kappa shape index (κ3) is 1.93. The van der Waals surface area contributed by atoms with Crippen molar-refractivity contribution in [2.75, 3.05) is 0 Å². The fourth-order valence-corrected chi connectivity index (χ4v) is 1.71. The Labute approximate surface area is 95.5 Å². The highest BCUT2D eigenvalue weighted by Crippen LogP contribution is 2.15. The number of hydrogen-bond acceptors (Lipinski definition) is 3. The predicted octanol–water partition coefficient (Wildman–Crippen LogP) is 1.49. The van der Waals surface area contributed by atoms with Crippen LogP contribution < -0.4 is 5.73 Å². The van der Waals surface area contributed by atoms with Gasteiger partial charge in [-0.25, -0.2) is 4.98 Å². The molecule has 1 atom stereocenters.